The van der Waals surface area contributed by atoms with Gasteiger partial charge in [0.2, 0.25) is 27.4 Å². The Morgan fingerprint density at radius 1 is 1.08 bits per heavy atom. The Hall–Kier alpha value is -3.30. The molecule has 3 saturated heterocycles. The number of aryl methyl sites for hydroxylation is 1. The minimum absolute atomic E-state index is 0.183. The number of amides is 4. The molecule has 6 aliphatic rings. The van der Waals surface area contributed by atoms with E-state index in [1.54, 1.807) is 6.07 Å². The van der Waals surface area contributed by atoms with Crippen molar-refractivity contribution >= 4 is 64.6 Å². The fourth-order valence-corrected chi connectivity index (χ4v) is 8.70. The minimum Gasteiger partial charge on any atom is -0.445 e. The highest BCUT2D eigenvalue weighted by Gasteiger charge is 2.74. The molecule has 6 N–H and O–H groups in total. The van der Waals surface area contributed by atoms with E-state index < -0.39 is 63.8 Å². The van der Waals surface area contributed by atoms with Gasteiger partial charge in [0.15, 0.2) is 5.66 Å². The van der Waals surface area contributed by atoms with Crippen LogP contribution in [0, 0.1) is 11.8 Å². The van der Waals surface area contributed by atoms with E-state index in [-0.39, 0.29) is 36.7 Å². The molecular formula is C32H38Cl3N7O7. The van der Waals surface area contributed by atoms with Crippen LogP contribution in [-0.2, 0) is 27.2 Å². The number of hydrogen-bond acceptors (Lipinski definition) is 11. The van der Waals surface area contributed by atoms with Gasteiger partial charge in [-0.3, -0.25) is 24.6 Å². The molecule has 0 bridgehead atoms. The minimum atomic E-state index is -2.73. The first-order valence-corrected chi connectivity index (χ1v) is 17.7. The number of aliphatic imine (C=N–C) groups is 1. The van der Waals surface area contributed by atoms with E-state index in [4.69, 9.17) is 44.5 Å². The number of likely N-dealkylation sites (tertiary alicyclic amines) is 1. The molecule has 2 aliphatic carbocycles. The summed E-state index contributed by atoms with van der Waals surface area (Å²) in [6.07, 6.45) is 5.40. The summed E-state index contributed by atoms with van der Waals surface area (Å²) in [4.78, 5) is 61.1. The third-order valence-corrected chi connectivity index (χ3v) is 11.0. The van der Waals surface area contributed by atoms with Gasteiger partial charge in [-0.1, -0.05) is 66.4 Å². The summed E-state index contributed by atoms with van der Waals surface area (Å²) >= 11 is 17.3. The molecule has 6 atom stereocenters. The lowest BCUT2D eigenvalue weighted by atomic mass is 9.81. The van der Waals surface area contributed by atoms with Crippen LogP contribution in [0.2, 0.25) is 0 Å². The highest BCUT2D eigenvalue weighted by atomic mass is 35.6. The van der Waals surface area contributed by atoms with Gasteiger partial charge in [-0.15, -0.1) is 0 Å². The van der Waals surface area contributed by atoms with Crippen molar-refractivity contribution in [2.75, 3.05) is 19.7 Å². The van der Waals surface area contributed by atoms with Gasteiger partial charge in [0, 0.05) is 12.1 Å². The van der Waals surface area contributed by atoms with Crippen LogP contribution in [0.15, 0.2) is 35.6 Å². The van der Waals surface area contributed by atoms with Crippen LogP contribution in [0.1, 0.15) is 60.0 Å². The lowest BCUT2D eigenvalue weighted by molar-refractivity contribution is -0.231. The average molecular weight is 739 g/mol. The molecule has 264 valence electrons. The molecule has 0 radical (unpaired) electrons. The highest BCUT2D eigenvalue weighted by molar-refractivity contribution is 6.67. The van der Waals surface area contributed by atoms with Crippen LogP contribution < -0.4 is 21.3 Å². The molecule has 7 rings (SSSR count). The van der Waals surface area contributed by atoms with Gasteiger partial charge in [-0.05, 0) is 55.7 Å². The summed E-state index contributed by atoms with van der Waals surface area (Å²) in [6.45, 7) is 2.90. The SMILES string of the molecule is C=C1N[C@H]2[C@H](CN3C(=O)C4CCCCC4C3=O)N=C(NC(=O)OCC(Cl)(Cl)Cl)N3CC(NC(=O)c4cccc5c4CCCC5)C(O)(O)[C@]23N1. The van der Waals surface area contributed by atoms with Gasteiger partial charge in [0.25, 0.3) is 5.91 Å². The van der Waals surface area contributed by atoms with Crippen molar-refractivity contribution in [3.05, 3.63) is 47.3 Å². The molecule has 49 heavy (non-hydrogen) atoms. The number of aliphatic hydroxyl groups is 2. The normalized spacial score (nSPS) is 31.5. The lowest BCUT2D eigenvalue weighted by Crippen LogP contribution is -2.78. The van der Waals surface area contributed by atoms with Crippen molar-refractivity contribution in [1.82, 2.24) is 31.1 Å². The third-order valence-electron chi connectivity index (χ3n) is 10.7. The number of fused-ring (bicyclic) bond motifs is 2. The number of alkyl halides is 3. The smallest absolute Gasteiger partial charge is 0.414 e. The number of nitrogens with one attached hydrogen (secondary N) is 4. The van der Waals surface area contributed by atoms with Gasteiger partial charge in [-0.2, -0.15) is 0 Å². The maximum absolute atomic E-state index is 13.8. The summed E-state index contributed by atoms with van der Waals surface area (Å²) in [6, 6.07) is 2.16. The zero-order valence-electron chi connectivity index (χ0n) is 26.5. The maximum Gasteiger partial charge on any atom is 0.414 e. The lowest BCUT2D eigenvalue weighted by Gasteiger charge is -2.49. The molecular weight excluding hydrogens is 701 g/mol. The average Bonchev–Trinajstić information content (AvgIpc) is 3.62. The number of imide groups is 1. The molecule has 14 nitrogen and oxygen atoms in total. The summed E-state index contributed by atoms with van der Waals surface area (Å²) in [5.41, 5.74) is 0.552. The Morgan fingerprint density at radius 2 is 1.78 bits per heavy atom. The Bertz CT molecular complexity index is 1610. The van der Waals surface area contributed by atoms with Gasteiger partial charge >= 0.3 is 6.09 Å². The topological polar surface area (TPSA) is 185 Å². The fourth-order valence-electron chi connectivity index (χ4n) is 8.53. The molecule has 1 spiro atoms. The standard InChI is InChI=1S/C32H38Cl3N7O7/c1-16-36-24-22(13-41-26(44)20-10-4-5-11-21(20)27(41)45)37-28(39-29(46)49-15-30(33,34)35)42-14-23(32(47,48)31(24,42)40-16)38-25(43)19-12-6-8-17-7-2-3-9-18(17)19/h6,8,12,20-24,36,40,47-48H,1-5,7,9-11,13-15H2,(H,38,43)(H,37,39,46)/t20?,21?,22-,23?,24-,31-/m0/s1. The molecule has 4 heterocycles. The third kappa shape index (κ3) is 5.78. The maximum atomic E-state index is 13.8. The van der Waals surface area contributed by atoms with Crippen molar-refractivity contribution in [2.24, 2.45) is 16.8 Å². The van der Waals surface area contributed by atoms with Gasteiger partial charge in [-0.25, -0.2) is 9.79 Å². The number of hydrogen-bond donors (Lipinski definition) is 6. The highest BCUT2D eigenvalue weighted by Crippen LogP contribution is 2.46. The van der Waals surface area contributed by atoms with Crippen molar-refractivity contribution in [2.45, 2.75) is 84.7 Å². The molecule has 4 fully saturated rings. The number of rotatable bonds is 5. The summed E-state index contributed by atoms with van der Waals surface area (Å²) < 4.78 is 3.18. The monoisotopic (exact) mass is 737 g/mol. The summed E-state index contributed by atoms with van der Waals surface area (Å²) in [5, 5.41) is 35.8. The summed E-state index contributed by atoms with van der Waals surface area (Å²) in [7, 11) is 0. The van der Waals surface area contributed by atoms with Gasteiger partial charge in [0.1, 0.15) is 12.6 Å². The number of ether oxygens (including phenoxy) is 1. The quantitative estimate of drug-likeness (QED) is 0.147. The zero-order chi connectivity index (χ0) is 34.9. The molecule has 1 aromatic carbocycles. The van der Waals surface area contributed by atoms with Crippen LogP contribution in [0.3, 0.4) is 0 Å². The number of carbonyl (C=O) groups is 4. The van der Waals surface area contributed by atoms with Crippen molar-refractivity contribution < 1.29 is 34.1 Å². The second-order valence-corrected chi connectivity index (χ2v) is 16.1. The van der Waals surface area contributed by atoms with E-state index >= 15 is 0 Å². The van der Waals surface area contributed by atoms with Crippen molar-refractivity contribution in [3.8, 4) is 0 Å². The Labute approximate surface area is 297 Å². The first-order chi connectivity index (χ1) is 23.2. The predicted molar refractivity (Wildman–Crippen MR) is 178 cm³/mol. The van der Waals surface area contributed by atoms with Gasteiger partial charge < -0.3 is 35.8 Å². The largest absolute Gasteiger partial charge is 0.445 e. The molecule has 1 aromatic rings. The number of carbonyl (C=O) groups excluding carboxylic acids is 4. The van der Waals surface area contributed by atoms with E-state index in [0.29, 0.717) is 18.4 Å². The number of nitrogens with zero attached hydrogens (tertiary/aromatic N) is 3. The number of benzene rings is 1. The molecule has 0 aromatic heterocycles. The molecule has 1 saturated carbocycles. The predicted octanol–water partition coefficient (Wildman–Crippen LogP) is 1.40. The zero-order valence-corrected chi connectivity index (χ0v) is 28.8. The number of alkyl carbamates (subject to hydrolysis) is 1. The van der Waals surface area contributed by atoms with Crippen molar-refractivity contribution in [1.29, 1.82) is 0 Å². The molecule has 3 unspecified atom stereocenters. The number of guanidine groups is 1. The first kappa shape index (κ1) is 34.2. The van der Waals surface area contributed by atoms with Crippen LogP contribution >= 0.6 is 34.8 Å². The van der Waals surface area contributed by atoms with E-state index in [1.165, 1.54) is 9.80 Å². The Balaban J connectivity index is 1.23. The van der Waals surface area contributed by atoms with Crippen LogP contribution in [0.5, 0.6) is 0 Å². The van der Waals surface area contributed by atoms with Crippen molar-refractivity contribution in [3.63, 3.8) is 0 Å². The molecule has 4 amide bonds. The molecule has 4 aliphatic heterocycles. The van der Waals surface area contributed by atoms with Gasteiger partial charge in [0.05, 0.1) is 36.3 Å². The second-order valence-electron chi connectivity index (χ2n) is 13.6. The van der Waals surface area contributed by atoms with Crippen LogP contribution in [-0.4, -0.2) is 103 Å². The van der Waals surface area contributed by atoms with E-state index in [1.807, 2.05) is 12.1 Å². The van der Waals surface area contributed by atoms with E-state index in [9.17, 15) is 29.4 Å². The summed E-state index contributed by atoms with van der Waals surface area (Å²) in [5.74, 6) is -4.64. The Morgan fingerprint density at radius 3 is 2.47 bits per heavy atom. The van der Waals surface area contributed by atoms with Crippen LogP contribution in [0.4, 0.5) is 4.79 Å². The van der Waals surface area contributed by atoms with E-state index in [0.717, 1.165) is 49.7 Å². The Kier molecular flexibility index (Phi) is 8.70. The second kappa shape index (κ2) is 12.5. The first-order valence-electron chi connectivity index (χ1n) is 16.5. The molecule has 17 heteroatoms. The van der Waals surface area contributed by atoms with Crippen LogP contribution in [0.25, 0.3) is 0 Å². The fraction of sp³-hybridized carbons (Fsp3) is 0.594. The number of halogens is 3. The van der Waals surface area contributed by atoms with E-state index in [2.05, 4.69) is 27.8 Å².